The monoisotopic (exact) mass is 975 g/mol. The quantitative estimate of drug-likeness (QED) is 0.0145. The molecular formula is C53H99O13P. The maximum atomic E-state index is 12.9. The molecule has 6 N–H and O–H groups in total. The van der Waals surface area contributed by atoms with Crippen LogP contribution in [0.5, 0.6) is 0 Å². The highest BCUT2D eigenvalue weighted by molar-refractivity contribution is 7.47. The molecule has 14 heteroatoms. The molecule has 0 aromatic carbocycles. The van der Waals surface area contributed by atoms with Crippen molar-refractivity contribution in [3.63, 3.8) is 0 Å². The molecule has 8 atom stereocenters. The summed E-state index contributed by atoms with van der Waals surface area (Å²) in [4.78, 5) is 35.8. The van der Waals surface area contributed by atoms with Gasteiger partial charge in [-0.1, -0.05) is 218 Å². The maximum absolute atomic E-state index is 12.9. The summed E-state index contributed by atoms with van der Waals surface area (Å²) in [5.74, 6) is -1.14. The number of carbonyl (C=O) groups is 2. The highest BCUT2D eigenvalue weighted by Crippen LogP contribution is 2.47. The summed E-state index contributed by atoms with van der Waals surface area (Å²) in [6.45, 7) is 3.31. The summed E-state index contributed by atoms with van der Waals surface area (Å²) in [6.07, 6.45) is 36.7. The molecule has 1 aliphatic carbocycles. The van der Waals surface area contributed by atoms with Crippen LogP contribution in [0.25, 0.3) is 0 Å². The van der Waals surface area contributed by atoms with E-state index in [1.54, 1.807) is 0 Å². The summed E-state index contributed by atoms with van der Waals surface area (Å²) in [5, 5.41) is 50.3. The van der Waals surface area contributed by atoms with Crippen LogP contribution < -0.4 is 0 Å². The van der Waals surface area contributed by atoms with Gasteiger partial charge in [0, 0.05) is 12.8 Å². The van der Waals surface area contributed by atoms with Crippen LogP contribution in [0.3, 0.4) is 0 Å². The van der Waals surface area contributed by atoms with Crippen molar-refractivity contribution in [2.45, 2.75) is 288 Å². The molecule has 1 saturated carbocycles. The van der Waals surface area contributed by atoms with Crippen LogP contribution in [0.1, 0.15) is 245 Å². The number of carbonyl (C=O) groups excluding carboxylic acids is 2. The van der Waals surface area contributed by atoms with Gasteiger partial charge in [-0.2, -0.15) is 0 Å². The summed E-state index contributed by atoms with van der Waals surface area (Å²) in [5.41, 5.74) is 0. The zero-order chi connectivity index (χ0) is 49.2. The van der Waals surface area contributed by atoms with Crippen molar-refractivity contribution in [1.29, 1.82) is 0 Å². The normalized spacial score (nSPS) is 21.3. The Balaban J connectivity index is 2.38. The number of rotatable bonds is 46. The van der Waals surface area contributed by atoms with Gasteiger partial charge >= 0.3 is 19.8 Å². The second-order valence-corrected chi connectivity index (χ2v) is 20.5. The van der Waals surface area contributed by atoms with Crippen molar-refractivity contribution in [3.05, 3.63) is 24.3 Å². The Kier molecular flexibility index (Phi) is 40.8. The molecule has 1 aliphatic rings. The molecule has 0 aromatic heterocycles. The maximum Gasteiger partial charge on any atom is 0.472 e. The minimum Gasteiger partial charge on any atom is -0.462 e. The van der Waals surface area contributed by atoms with E-state index in [9.17, 15) is 44.6 Å². The second kappa shape index (κ2) is 43.1. The van der Waals surface area contributed by atoms with Crippen molar-refractivity contribution in [3.8, 4) is 0 Å². The van der Waals surface area contributed by atoms with Crippen LogP contribution in [-0.4, -0.2) is 98.3 Å². The molecule has 13 nitrogen and oxygen atoms in total. The summed E-state index contributed by atoms with van der Waals surface area (Å²) < 4.78 is 33.6. The van der Waals surface area contributed by atoms with Crippen molar-refractivity contribution in [1.82, 2.24) is 0 Å². The third-order valence-electron chi connectivity index (χ3n) is 12.8. The number of unbranched alkanes of at least 4 members (excludes halogenated alkanes) is 30. The Morgan fingerprint density at radius 1 is 0.463 bits per heavy atom. The molecule has 1 rings (SSSR count). The van der Waals surface area contributed by atoms with Crippen LogP contribution in [0.4, 0.5) is 0 Å². The molecule has 394 valence electrons. The van der Waals surface area contributed by atoms with Gasteiger partial charge in [-0.05, 0) is 38.5 Å². The summed E-state index contributed by atoms with van der Waals surface area (Å²) in [6, 6.07) is 0. The van der Waals surface area contributed by atoms with Crippen LogP contribution in [0.15, 0.2) is 24.3 Å². The molecule has 6 unspecified atom stereocenters. The largest absolute Gasteiger partial charge is 0.472 e. The first-order valence-electron chi connectivity index (χ1n) is 27.1. The first-order chi connectivity index (χ1) is 32.4. The number of ether oxygens (including phenoxy) is 2. The Morgan fingerprint density at radius 3 is 1.25 bits per heavy atom. The Morgan fingerprint density at radius 2 is 0.821 bits per heavy atom. The van der Waals surface area contributed by atoms with Crippen molar-refractivity contribution in [2.75, 3.05) is 13.2 Å². The predicted molar refractivity (Wildman–Crippen MR) is 267 cm³/mol. The minimum atomic E-state index is -5.13. The molecule has 0 amide bonds. The van der Waals surface area contributed by atoms with E-state index in [4.69, 9.17) is 18.5 Å². The fraction of sp³-hybridized carbons (Fsp3) is 0.887. The van der Waals surface area contributed by atoms with Crippen LogP contribution in [0.2, 0.25) is 0 Å². The average Bonchev–Trinajstić information content (AvgIpc) is 3.31. The zero-order valence-electron chi connectivity index (χ0n) is 42.2. The second-order valence-electron chi connectivity index (χ2n) is 19.1. The first-order valence-corrected chi connectivity index (χ1v) is 28.6. The molecule has 0 heterocycles. The van der Waals surface area contributed by atoms with E-state index in [1.807, 2.05) is 12.2 Å². The third kappa shape index (κ3) is 35.1. The summed E-state index contributed by atoms with van der Waals surface area (Å²) in [7, 11) is -5.13. The van der Waals surface area contributed by atoms with Gasteiger partial charge in [0.05, 0.1) is 6.61 Å². The van der Waals surface area contributed by atoms with E-state index >= 15 is 0 Å². The van der Waals surface area contributed by atoms with Crippen LogP contribution in [0, 0.1) is 0 Å². The van der Waals surface area contributed by atoms with Gasteiger partial charge in [-0.25, -0.2) is 4.57 Å². The minimum absolute atomic E-state index is 0.0362. The average molecular weight is 975 g/mol. The van der Waals surface area contributed by atoms with Crippen molar-refractivity contribution < 1.29 is 63.1 Å². The van der Waals surface area contributed by atoms with Crippen molar-refractivity contribution in [2.24, 2.45) is 0 Å². The highest BCUT2D eigenvalue weighted by Gasteiger charge is 2.51. The molecule has 0 aliphatic heterocycles. The van der Waals surface area contributed by atoms with Crippen molar-refractivity contribution >= 4 is 19.8 Å². The van der Waals surface area contributed by atoms with E-state index in [-0.39, 0.29) is 12.8 Å². The number of hydrogen-bond acceptors (Lipinski definition) is 12. The zero-order valence-corrected chi connectivity index (χ0v) is 43.1. The van der Waals surface area contributed by atoms with Gasteiger partial charge in [0.2, 0.25) is 0 Å². The SMILES string of the molecule is CCCCCCCCCCC/C=C/C/C=C/CCCC(=O)O[C@@H](COC(=O)CCCCCCCCCCCCCCCCCCCCCCC)COP(=O)(O)OC1C(O)C(O)C(O)[C@H](O)C1O. The van der Waals surface area contributed by atoms with E-state index in [1.165, 1.54) is 167 Å². The number of phosphoric acid groups is 1. The van der Waals surface area contributed by atoms with Crippen LogP contribution >= 0.6 is 7.82 Å². The van der Waals surface area contributed by atoms with E-state index < -0.39 is 75.7 Å². The van der Waals surface area contributed by atoms with Crippen LogP contribution in [-0.2, 0) is 32.7 Å². The number of esters is 2. The van der Waals surface area contributed by atoms with Gasteiger partial charge in [-0.15, -0.1) is 0 Å². The smallest absolute Gasteiger partial charge is 0.462 e. The Labute approximate surface area is 406 Å². The molecule has 67 heavy (non-hydrogen) atoms. The lowest BCUT2D eigenvalue weighted by molar-refractivity contribution is -0.220. The van der Waals surface area contributed by atoms with Gasteiger partial charge in [0.15, 0.2) is 6.10 Å². The van der Waals surface area contributed by atoms with E-state index in [0.29, 0.717) is 19.3 Å². The Hall–Kier alpha value is -1.67. The number of hydrogen-bond donors (Lipinski definition) is 6. The molecule has 1 fully saturated rings. The first kappa shape index (κ1) is 63.3. The number of aliphatic hydroxyl groups is 5. The number of aliphatic hydroxyl groups excluding tert-OH is 5. The van der Waals surface area contributed by atoms with E-state index in [0.717, 1.165) is 32.1 Å². The lowest BCUT2D eigenvalue weighted by Gasteiger charge is -2.41. The fourth-order valence-corrected chi connectivity index (χ4v) is 9.42. The number of allylic oxidation sites excluding steroid dienone is 4. The highest BCUT2D eigenvalue weighted by atomic mass is 31.2. The number of phosphoric ester groups is 1. The van der Waals surface area contributed by atoms with Gasteiger partial charge in [0.1, 0.15) is 43.2 Å². The fourth-order valence-electron chi connectivity index (χ4n) is 8.45. The summed E-state index contributed by atoms with van der Waals surface area (Å²) >= 11 is 0. The predicted octanol–water partition coefficient (Wildman–Crippen LogP) is 12.0. The topological polar surface area (TPSA) is 210 Å². The molecule has 0 bridgehead atoms. The third-order valence-corrected chi connectivity index (χ3v) is 13.8. The molecule has 0 spiro atoms. The Bertz CT molecular complexity index is 1270. The lowest BCUT2D eigenvalue weighted by Crippen LogP contribution is -2.64. The lowest BCUT2D eigenvalue weighted by atomic mass is 9.85. The van der Waals surface area contributed by atoms with E-state index in [2.05, 4.69) is 26.0 Å². The molecule has 0 saturated heterocycles. The van der Waals surface area contributed by atoms with Gasteiger partial charge < -0.3 is 39.9 Å². The standard InChI is InChI=1S/C53H99O13P/c1-3-5-7-9-11-13-15-17-19-21-22-23-24-26-27-29-31-33-35-37-39-41-46(54)63-43-45(44-64-67(61,62)66-53-51(59)49(57)48(56)50(58)52(53)60)65-47(55)42-40-38-36-34-32-30-28-25-20-18-16-14-12-10-8-6-4-2/h28,30,34,36,45,48-53,56-60H,3-27,29,31-33,35,37-44H2,1-2H3,(H,61,62)/b30-28+,36-34+/t45-,48?,49-,50?,51?,52?,53?/m0/s1. The molecule has 0 aromatic rings. The molecular weight excluding hydrogens is 876 g/mol. The van der Waals surface area contributed by atoms with Gasteiger partial charge in [0.25, 0.3) is 0 Å². The molecule has 0 radical (unpaired) electrons. The van der Waals surface area contributed by atoms with Gasteiger partial charge in [-0.3, -0.25) is 18.6 Å².